The average molecular weight is 558 g/mol. The minimum Gasteiger partial charge on any atom is -0.480 e. The van der Waals surface area contributed by atoms with Crippen LogP contribution in [0.15, 0.2) is 0 Å². The molecule has 0 fully saturated rings. The number of carbonyl (C=O) groups excluding carboxylic acids is 2. The lowest BCUT2D eigenvalue weighted by atomic mass is 10.3. The van der Waals surface area contributed by atoms with Gasteiger partial charge in [-0.15, -0.1) is 0 Å². The number of nitrogens with two attached hydrogens (primary N) is 2. The number of hydrogen-bond donors (Lipinski definition) is 6. The summed E-state index contributed by atoms with van der Waals surface area (Å²) in [5.41, 5.74) is 9.52. The van der Waals surface area contributed by atoms with Gasteiger partial charge in [0.2, 0.25) is 0 Å². The van der Waals surface area contributed by atoms with E-state index in [4.69, 9.17) is 25.8 Å². The number of nitrogens with zero attached hydrogens (tertiary/aromatic N) is 2. The minimum atomic E-state index is -0.968. The van der Waals surface area contributed by atoms with Crippen LogP contribution in [-0.2, 0) is 33.4 Å². The summed E-state index contributed by atoms with van der Waals surface area (Å²) >= 11 is 0. The molecular formula is C23H51N5O10. The molecule has 0 aliphatic rings. The van der Waals surface area contributed by atoms with Crippen molar-refractivity contribution in [3.8, 4) is 0 Å². The molecule has 0 aromatic rings. The first kappa shape index (κ1) is 45.1. The van der Waals surface area contributed by atoms with Gasteiger partial charge in [0.15, 0.2) is 0 Å². The van der Waals surface area contributed by atoms with Crippen molar-refractivity contribution in [2.75, 3.05) is 67.0 Å². The molecule has 0 aliphatic carbocycles. The molecule has 0 bridgehead atoms. The van der Waals surface area contributed by atoms with E-state index in [2.05, 4.69) is 34.5 Å². The van der Waals surface area contributed by atoms with Gasteiger partial charge >= 0.3 is 29.8 Å². The fourth-order valence-corrected chi connectivity index (χ4v) is 1.76. The first-order valence-corrected chi connectivity index (χ1v) is 11.9. The highest BCUT2D eigenvalue weighted by molar-refractivity contribution is 5.72. The molecule has 0 radical (unpaired) electrons. The largest absolute Gasteiger partial charge is 0.480 e. The van der Waals surface area contributed by atoms with Crippen molar-refractivity contribution in [1.29, 1.82) is 0 Å². The van der Waals surface area contributed by atoms with E-state index in [1.54, 1.807) is 39.9 Å². The summed E-state index contributed by atoms with van der Waals surface area (Å²) in [6, 6.07) is 0.402. The molecule has 38 heavy (non-hydrogen) atoms. The molecule has 15 heteroatoms. The van der Waals surface area contributed by atoms with E-state index in [1.165, 1.54) is 0 Å². The van der Waals surface area contributed by atoms with E-state index in [0.717, 1.165) is 6.54 Å². The second-order valence-corrected chi connectivity index (χ2v) is 7.86. The fourth-order valence-electron chi connectivity index (χ4n) is 1.76. The van der Waals surface area contributed by atoms with Crippen LogP contribution in [0, 0.1) is 0 Å². The van der Waals surface area contributed by atoms with E-state index >= 15 is 0 Å². The lowest BCUT2D eigenvalue weighted by molar-refractivity contribution is -0.146. The second-order valence-electron chi connectivity index (χ2n) is 7.86. The summed E-state index contributed by atoms with van der Waals surface area (Å²) in [5.74, 6) is -3.06. The number of aliphatic carboxylic acids is 3. The van der Waals surface area contributed by atoms with Crippen molar-refractivity contribution in [1.82, 2.24) is 15.1 Å². The smallest absolute Gasteiger partial charge is 0.320 e. The normalized spacial score (nSPS) is 9.45. The van der Waals surface area contributed by atoms with Gasteiger partial charge in [0.05, 0.1) is 45.4 Å². The zero-order valence-corrected chi connectivity index (χ0v) is 24.4. The molecule has 0 spiro atoms. The Morgan fingerprint density at radius 1 is 0.816 bits per heavy atom. The van der Waals surface area contributed by atoms with Gasteiger partial charge in [-0.05, 0) is 62.3 Å². The summed E-state index contributed by atoms with van der Waals surface area (Å²) in [6.07, 6.45) is -0.0500. The van der Waals surface area contributed by atoms with Crippen LogP contribution in [0.4, 0.5) is 0 Å². The summed E-state index contributed by atoms with van der Waals surface area (Å²) in [7, 11) is 5.02. The van der Waals surface area contributed by atoms with Gasteiger partial charge < -0.3 is 41.6 Å². The van der Waals surface area contributed by atoms with Crippen LogP contribution in [0.1, 0.15) is 41.5 Å². The van der Waals surface area contributed by atoms with Crippen molar-refractivity contribution < 1.29 is 48.8 Å². The van der Waals surface area contributed by atoms with Crippen LogP contribution >= 0.6 is 0 Å². The zero-order chi connectivity index (χ0) is 31.3. The molecule has 0 aromatic heterocycles. The van der Waals surface area contributed by atoms with Crippen LogP contribution in [0.3, 0.4) is 0 Å². The van der Waals surface area contributed by atoms with E-state index in [1.807, 2.05) is 13.8 Å². The second kappa shape index (κ2) is 32.2. The standard InChI is InChI=1S/C9H19NO2.C5H11NO2.C4H9NO2.C3H7NO2.C2H5NO2/c1-5-10(8(3)4)7-9(11)12-6-2;1-4(2)8-5(7)3-6;1-5(2)3-4(6)7;1-4-2-3(5)6;3-1-2(4)5/h8H,5-7H2,1-4H3;4H,3,6H2,1-2H3;3H2,1-2H3,(H,6,7);4H,2H2,1H3,(H,5,6);1,3H2,(H,4,5). The molecule has 8 N–H and O–H groups in total. The molecule has 0 amide bonds. The zero-order valence-electron chi connectivity index (χ0n) is 24.4. The van der Waals surface area contributed by atoms with Crippen LogP contribution in [-0.4, -0.2) is 134 Å². The first-order valence-electron chi connectivity index (χ1n) is 11.9. The first-order chi connectivity index (χ1) is 17.4. The van der Waals surface area contributed by atoms with Gasteiger partial charge in [-0.2, -0.15) is 0 Å². The Balaban J connectivity index is -0.000000124. The van der Waals surface area contributed by atoms with E-state index < -0.39 is 17.9 Å². The van der Waals surface area contributed by atoms with Crippen LogP contribution in [0.25, 0.3) is 0 Å². The monoisotopic (exact) mass is 557 g/mol. The minimum absolute atomic E-state index is 0.0296. The van der Waals surface area contributed by atoms with Gasteiger partial charge in [-0.3, -0.25) is 33.8 Å². The van der Waals surface area contributed by atoms with Crippen LogP contribution in [0.2, 0.25) is 0 Å². The maximum absolute atomic E-state index is 11.1. The molecule has 0 saturated carbocycles. The summed E-state index contributed by atoms with van der Waals surface area (Å²) < 4.78 is 9.48. The van der Waals surface area contributed by atoms with Gasteiger partial charge in [-0.25, -0.2) is 0 Å². The molecule has 0 aliphatic heterocycles. The average Bonchev–Trinajstić information content (AvgIpc) is 2.77. The Morgan fingerprint density at radius 3 is 1.42 bits per heavy atom. The van der Waals surface area contributed by atoms with Gasteiger partial charge in [-0.1, -0.05) is 6.92 Å². The van der Waals surface area contributed by atoms with E-state index in [0.29, 0.717) is 19.2 Å². The van der Waals surface area contributed by atoms with Crippen molar-refractivity contribution in [2.45, 2.75) is 53.7 Å². The molecular weight excluding hydrogens is 506 g/mol. The third-order valence-corrected chi connectivity index (χ3v) is 3.26. The van der Waals surface area contributed by atoms with Crippen LogP contribution in [0.5, 0.6) is 0 Å². The third-order valence-electron chi connectivity index (χ3n) is 3.26. The number of carboxylic acid groups (broad SMARTS) is 3. The van der Waals surface area contributed by atoms with Crippen molar-refractivity contribution >= 4 is 29.8 Å². The predicted molar refractivity (Wildman–Crippen MR) is 144 cm³/mol. The highest BCUT2D eigenvalue weighted by atomic mass is 16.5. The van der Waals surface area contributed by atoms with Gasteiger partial charge in [0.25, 0.3) is 0 Å². The number of rotatable bonds is 12. The number of ether oxygens (including phenoxy) is 2. The topological polar surface area (TPSA) is 235 Å². The number of nitrogens with one attached hydrogen (secondary N) is 1. The van der Waals surface area contributed by atoms with Crippen LogP contribution < -0.4 is 16.8 Å². The number of likely N-dealkylation sites (N-methyl/N-ethyl adjacent to an activating group) is 3. The fraction of sp³-hybridized carbons (Fsp3) is 0.783. The Hall–Kier alpha value is -2.85. The van der Waals surface area contributed by atoms with Gasteiger partial charge in [0, 0.05) is 6.04 Å². The van der Waals surface area contributed by atoms with Crippen molar-refractivity contribution in [3.63, 3.8) is 0 Å². The Bertz CT molecular complexity index is 617. The lowest BCUT2D eigenvalue weighted by Crippen LogP contribution is -2.36. The predicted octanol–water partition coefficient (Wildman–Crippen LogP) is -0.871. The molecule has 0 heterocycles. The summed E-state index contributed by atoms with van der Waals surface area (Å²) in [4.78, 5) is 53.5. The Morgan fingerprint density at radius 2 is 1.29 bits per heavy atom. The quantitative estimate of drug-likeness (QED) is 0.160. The Kier molecular flexibility index (Phi) is 38.2. The van der Waals surface area contributed by atoms with Gasteiger partial charge in [0.1, 0.15) is 0 Å². The third kappa shape index (κ3) is 54.2. The molecule has 0 aromatic carbocycles. The van der Waals surface area contributed by atoms with Crippen molar-refractivity contribution in [3.05, 3.63) is 0 Å². The maximum Gasteiger partial charge on any atom is 0.320 e. The van der Waals surface area contributed by atoms with Crippen molar-refractivity contribution in [2.24, 2.45) is 11.5 Å². The molecule has 0 saturated heterocycles. The SMILES string of the molecule is CC(C)OC(=O)CN.CCOC(=O)CN(CC)C(C)C.CN(C)CC(=O)O.CNCC(=O)O.NCC(=O)O. The number of esters is 2. The van der Waals surface area contributed by atoms with E-state index in [9.17, 15) is 24.0 Å². The number of carbonyl (C=O) groups is 5. The summed E-state index contributed by atoms with van der Waals surface area (Å²) in [6.45, 7) is 13.2. The molecule has 15 nitrogen and oxygen atoms in total. The lowest BCUT2D eigenvalue weighted by Gasteiger charge is -2.23. The molecule has 0 atom stereocenters. The molecule has 0 rings (SSSR count). The van der Waals surface area contributed by atoms with E-state index in [-0.39, 0.29) is 44.2 Å². The maximum atomic E-state index is 11.1. The summed E-state index contributed by atoms with van der Waals surface area (Å²) in [5, 5.41) is 26.0. The highest BCUT2D eigenvalue weighted by Crippen LogP contribution is 1.97. The number of hydrogen-bond acceptors (Lipinski definition) is 12. The number of carboxylic acids is 3. The molecule has 0 unspecified atom stereocenters. The molecule has 228 valence electrons. The Labute approximate surface area is 226 Å². The highest BCUT2D eigenvalue weighted by Gasteiger charge is 2.11.